The molecule has 0 saturated carbocycles. The van der Waals surface area contributed by atoms with Gasteiger partial charge in [0.15, 0.2) is 5.96 Å². The summed E-state index contributed by atoms with van der Waals surface area (Å²) in [5, 5.41) is 6.62. The van der Waals surface area contributed by atoms with Crippen molar-refractivity contribution in [2.45, 2.75) is 64.4 Å². The third-order valence-electron chi connectivity index (χ3n) is 3.65. The van der Waals surface area contributed by atoms with Crippen molar-refractivity contribution in [3.8, 4) is 0 Å². The fourth-order valence-electron chi connectivity index (χ4n) is 1.70. The van der Waals surface area contributed by atoms with Gasteiger partial charge in [-0.05, 0) is 54.2 Å². The van der Waals surface area contributed by atoms with Gasteiger partial charge in [-0.3, -0.25) is 4.99 Å². The van der Waals surface area contributed by atoms with E-state index in [4.69, 9.17) is 4.74 Å². The van der Waals surface area contributed by atoms with Gasteiger partial charge in [0.05, 0.1) is 0 Å². The summed E-state index contributed by atoms with van der Waals surface area (Å²) in [5.41, 5.74) is -0.473. The third kappa shape index (κ3) is 12.6. The average molecular weight is 488 g/mol. The van der Waals surface area contributed by atoms with E-state index in [1.54, 1.807) is 19.0 Å². The highest BCUT2D eigenvalue weighted by atomic mass is 127. The number of nitrogens with zero attached hydrogens (tertiary/aromatic N) is 2. The molecule has 0 bridgehead atoms. The minimum atomic E-state index is -0.473. The Morgan fingerprint density at radius 2 is 1.80 bits per heavy atom. The molecule has 1 unspecified atom stereocenters. The lowest BCUT2D eigenvalue weighted by Gasteiger charge is -2.29. The standard InChI is InChI=1S/C17H36N4O2S.HI/c1-13(21(8)15(22)23-16(2,3)4)10-11-19-14(18-7)20-12-17(5,6)24-9;/h13H,10-12H2,1-9H3,(H2,18,19,20);1H. The molecule has 1 atom stereocenters. The fourth-order valence-corrected chi connectivity index (χ4v) is 1.91. The second kappa shape index (κ2) is 12.1. The van der Waals surface area contributed by atoms with E-state index in [2.05, 4.69) is 35.7 Å². The molecular formula is C17H37IN4O2S. The van der Waals surface area contributed by atoms with Crippen LogP contribution in [-0.2, 0) is 4.74 Å². The maximum atomic E-state index is 12.0. The predicted molar refractivity (Wildman–Crippen MR) is 120 cm³/mol. The summed E-state index contributed by atoms with van der Waals surface area (Å²) >= 11 is 1.82. The number of amides is 1. The van der Waals surface area contributed by atoms with E-state index < -0.39 is 5.60 Å². The summed E-state index contributed by atoms with van der Waals surface area (Å²) in [6.07, 6.45) is 2.62. The summed E-state index contributed by atoms with van der Waals surface area (Å²) in [7, 11) is 3.53. The fraction of sp³-hybridized carbons (Fsp3) is 0.882. The molecule has 0 spiro atoms. The lowest BCUT2D eigenvalue weighted by Crippen LogP contribution is -2.45. The number of carbonyl (C=O) groups is 1. The molecule has 0 saturated heterocycles. The molecular weight excluding hydrogens is 451 g/mol. The second-order valence-electron chi connectivity index (χ2n) is 7.55. The molecule has 8 heteroatoms. The normalized spacial score (nSPS) is 13.6. The molecule has 0 aliphatic heterocycles. The van der Waals surface area contributed by atoms with Crippen LogP contribution in [0.4, 0.5) is 4.79 Å². The smallest absolute Gasteiger partial charge is 0.410 e. The minimum absolute atomic E-state index is 0. The molecule has 0 aliphatic carbocycles. The van der Waals surface area contributed by atoms with Crippen LogP contribution in [0.1, 0.15) is 48.0 Å². The maximum absolute atomic E-state index is 12.0. The summed E-state index contributed by atoms with van der Waals surface area (Å²) in [6, 6.07) is 0.0769. The Hall–Kier alpha value is -0.380. The monoisotopic (exact) mass is 488 g/mol. The highest BCUT2D eigenvalue weighted by Gasteiger charge is 2.22. The molecule has 0 aromatic heterocycles. The van der Waals surface area contributed by atoms with Gasteiger partial charge in [0.25, 0.3) is 0 Å². The van der Waals surface area contributed by atoms with Crippen molar-refractivity contribution in [3.63, 3.8) is 0 Å². The summed E-state index contributed by atoms with van der Waals surface area (Å²) in [5.74, 6) is 0.782. The number of hydrogen-bond donors (Lipinski definition) is 2. The number of aliphatic imine (C=N–C) groups is 1. The Bertz CT molecular complexity index is 425. The molecule has 6 nitrogen and oxygen atoms in total. The topological polar surface area (TPSA) is 66.0 Å². The quantitative estimate of drug-likeness (QED) is 0.326. The zero-order valence-corrected chi connectivity index (χ0v) is 20.4. The number of nitrogens with one attached hydrogen (secondary N) is 2. The maximum Gasteiger partial charge on any atom is 0.410 e. The molecule has 0 heterocycles. The van der Waals surface area contributed by atoms with Crippen LogP contribution >= 0.6 is 35.7 Å². The van der Waals surface area contributed by atoms with Crippen LogP contribution in [0.15, 0.2) is 4.99 Å². The van der Waals surface area contributed by atoms with Crippen LogP contribution < -0.4 is 10.6 Å². The first-order valence-electron chi connectivity index (χ1n) is 8.37. The Kier molecular flexibility index (Phi) is 13.0. The lowest BCUT2D eigenvalue weighted by atomic mass is 10.2. The highest BCUT2D eigenvalue weighted by molar-refractivity contribution is 14.0. The molecule has 0 aliphatic rings. The van der Waals surface area contributed by atoms with Crippen LogP contribution in [0.5, 0.6) is 0 Å². The molecule has 2 N–H and O–H groups in total. The van der Waals surface area contributed by atoms with Gasteiger partial charge in [0.1, 0.15) is 5.60 Å². The van der Waals surface area contributed by atoms with Gasteiger partial charge in [-0.25, -0.2) is 4.79 Å². The average Bonchev–Trinajstić information content (AvgIpc) is 2.47. The summed E-state index contributed by atoms with van der Waals surface area (Å²) < 4.78 is 5.54. The van der Waals surface area contributed by atoms with Crippen molar-refractivity contribution in [1.29, 1.82) is 0 Å². The van der Waals surface area contributed by atoms with Crippen LogP contribution in [0, 0.1) is 0 Å². The zero-order valence-electron chi connectivity index (χ0n) is 17.2. The van der Waals surface area contributed by atoms with Gasteiger partial charge in [-0.15, -0.1) is 24.0 Å². The zero-order chi connectivity index (χ0) is 19.0. The molecule has 0 rings (SSSR count). The van der Waals surface area contributed by atoms with Gasteiger partial charge < -0.3 is 20.3 Å². The van der Waals surface area contributed by atoms with Crippen molar-refractivity contribution >= 4 is 47.8 Å². The van der Waals surface area contributed by atoms with E-state index in [1.807, 2.05) is 39.5 Å². The summed E-state index contributed by atoms with van der Waals surface area (Å²) in [4.78, 5) is 17.9. The van der Waals surface area contributed by atoms with Gasteiger partial charge in [0.2, 0.25) is 0 Å². The third-order valence-corrected chi connectivity index (χ3v) is 4.90. The first kappa shape index (κ1) is 26.8. The van der Waals surface area contributed by atoms with Crippen LogP contribution in [0.2, 0.25) is 0 Å². The Balaban J connectivity index is 0. The van der Waals surface area contributed by atoms with E-state index in [0.29, 0.717) is 0 Å². The van der Waals surface area contributed by atoms with Crippen LogP contribution in [0.3, 0.4) is 0 Å². The number of hydrogen-bond acceptors (Lipinski definition) is 4. The predicted octanol–water partition coefficient (Wildman–Crippen LogP) is 3.56. The first-order valence-corrected chi connectivity index (χ1v) is 9.60. The number of ether oxygens (including phenoxy) is 1. The van der Waals surface area contributed by atoms with Crippen molar-refractivity contribution in [2.75, 3.05) is 33.4 Å². The number of halogens is 1. The Morgan fingerprint density at radius 1 is 1.24 bits per heavy atom. The molecule has 0 aromatic carbocycles. The van der Waals surface area contributed by atoms with Gasteiger partial charge in [0, 0.05) is 38.0 Å². The SMILES string of the molecule is CN=C(NCCC(C)N(C)C(=O)OC(C)(C)C)NCC(C)(C)SC.I. The van der Waals surface area contributed by atoms with Gasteiger partial charge in [-0.2, -0.15) is 11.8 Å². The molecule has 25 heavy (non-hydrogen) atoms. The van der Waals surface area contributed by atoms with Gasteiger partial charge >= 0.3 is 6.09 Å². The Morgan fingerprint density at radius 3 is 2.24 bits per heavy atom. The van der Waals surface area contributed by atoms with Crippen molar-refractivity contribution in [3.05, 3.63) is 0 Å². The lowest BCUT2D eigenvalue weighted by molar-refractivity contribution is 0.0230. The molecule has 150 valence electrons. The summed E-state index contributed by atoms with van der Waals surface area (Å²) in [6.45, 7) is 13.6. The number of guanidine groups is 1. The minimum Gasteiger partial charge on any atom is -0.444 e. The van der Waals surface area contributed by atoms with E-state index in [9.17, 15) is 4.79 Å². The highest BCUT2D eigenvalue weighted by Crippen LogP contribution is 2.19. The number of rotatable bonds is 7. The largest absolute Gasteiger partial charge is 0.444 e. The first-order chi connectivity index (χ1) is 10.9. The van der Waals surface area contributed by atoms with Crippen molar-refractivity contribution in [1.82, 2.24) is 15.5 Å². The number of thioether (sulfide) groups is 1. The van der Waals surface area contributed by atoms with E-state index in [-0.39, 0.29) is 40.9 Å². The molecule has 0 aromatic rings. The van der Waals surface area contributed by atoms with Crippen LogP contribution in [-0.4, -0.2) is 66.8 Å². The molecule has 0 radical (unpaired) electrons. The number of carbonyl (C=O) groups excluding carboxylic acids is 1. The van der Waals surface area contributed by atoms with Gasteiger partial charge in [-0.1, -0.05) is 0 Å². The van der Waals surface area contributed by atoms with Crippen molar-refractivity contribution < 1.29 is 9.53 Å². The Labute approximate surface area is 175 Å². The van der Waals surface area contributed by atoms with E-state index >= 15 is 0 Å². The second-order valence-corrected chi connectivity index (χ2v) is 9.06. The molecule has 0 fully saturated rings. The van der Waals surface area contributed by atoms with Crippen molar-refractivity contribution in [2.24, 2.45) is 4.99 Å². The molecule has 1 amide bonds. The van der Waals surface area contributed by atoms with E-state index in [0.717, 1.165) is 25.5 Å². The van der Waals surface area contributed by atoms with E-state index in [1.165, 1.54) is 0 Å². The van der Waals surface area contributed by atoms with Crippen LogP contribution in [0.25, 0.3) is 0 Å².